The van der Waals surface area contributed by atoms with Crippen molar-refractivity contribution in [1.82, 2.24) is 5.32 Å². The normalized spacial score (nSPS) is 23.8. The Labute approximate surface area is 116 Å². The van der Waals surface area contributed by atoms with Gasteiger partial charge in [-0.05, 0) is 53.7 Å². The lowest BCUT2D eigenvalue weighted by Gasteiger charge is -2.19. The number of benzene rings is 1. The number of aryl methyl sites for hydroxylation is 1. The highest BCUT2D eigenvalue weighted by Gasteiger charge is 2.36. The lowest BCUT2D eigenvalue weighted by atomic mass is 10.2. The number of amides is 1. The van der Waals surface area contributed by atoms with Gasteiger partial charge in [0.25, 0.3) is 0 Å². The van der Waals surface area contributed by atoms with Crippen LogP contribution < -0.4 is 10.2 Å². The van der Waals surface area contributed by atoms with E-state index in [9.17, 15) is 4.79 Å². The summed E-state index contributed by atoms with van der Waals surface area (Å²) in [6.45, 7) is 2.86. The second-order valence-corrected chi connectivity index (χ2v) is 5.97. The van der Waals surface area contributed by atoms with Gasteiger partial charge in [0.15, 0.2) is 0 Å². The average Bonchev–Trinajstić information content (AvgIpc) is 3.09. The summed E-state index contributed by atoms with van der Waals surface area (Å²) in [5, 5.41) is 3.43. The molecule has 1 aliphatic carbocycles. The van der Waals surface area contributed by atoms with Crippen molar-refractivity contribution in [2.45, 2.75) is 38.3 Å². The van der Waals surface area contributed by atoms with Gasteiger partial charge in [0.1, 0.15) is 0 Å². The van der Waals surface area contributed by atoms with Crippen LogP contribution in [0.4, 0.5) is 5.69 Å². The van der Waals surface area contributed by atoms with Crippen molar-refractivity contribution in [3.05, 3.63) is 28.2 Å². The molecule has 2 fully saturated rings. The number of halogens is 1. The number of hydrogen-bond donors (Lipinski definition) is 1. The second kappa shape index (κ2) is 4.67. The molecule has 1 heterocycles. The lowest BCUT2D eigenvalue weighted by Crippen LogP contribution is -2.39. The topological polar surface area (TPSA) is 32.3 Å². The molecule has 1 saturated carbocycles. The van der Waals surface area contributed by atoms with E-state index in [2.05, 4.69) is 21.2 Å². The first kappa shape index (κ1) is 12.2. The molecular formula is C14H17BrN2O. The molecular weight excluding hydrogens is 292 g/mol. The number of carbonyl (C=O) groups excluding carboxylic acids is 1. The van der Waals surface area contributed by atoms with Crippen molar-refractivity contribution in [1.29, 1.82) is 0 Å². The number of anilines is 1. The molecule has 0 bridgehead atoms. The van der Waals surface area contributed by atoms with Crippen LogP contribution in [-0.2, 0) is 4.79 Å². The van der Waals surface area contributed by atoms with E-state index in [4.69, 9.17) is 0 Å². The Balaban J connectivity index is 1.80. The molecule has 2 aliphatic rings. The van der Waals surface area contributed by atoms with Gasteiger partial charge in [-0.3, -0.25) is 4.79 Å². The monoisotopic (exact) mass is 308 g/mol. The van der Waals surface area contributed by atoms with Gasteiger partial charge in [-0.25, -0.2) is 0 Å². The van der Waals surface area contributed by atoms with Gasteiger partial charge < -0.3 is 10.2 Å². The Kier molecular flexibility index (Phi) is 3.16. The summed E-state index contributed by atoms with van der Waals surface area (Å²) in [5.74, 6) is 0.216. The smallest absolute Gasteiger partial charge is 0.244 e. The first-order valence-corrected chi connectivity index (χ1v) is 7.28. The van der Waals surface area contributed by atoms with Gasteiger partial charge in [0.05, 0.1) is 11.7 Å². The average molecular weight is 309 g/mol. The maximum Gasteiger partial charge on any atom is 0.244 e. The summed E-state index contributed by atoms with van der Waals surface area (Å²) >= 11 is 3.59. The molecule has 0 aromatic heterocycles. The van der Waals surface area contributed by atoms with E-state index >= 15 is 0 Å². The molecule has 0 spiro atoms. The van der Waals surface area contributed by atoms with E-state index in [1.54, 1.807) is 0 Å². The molecule has 1 saturated heterocycles. The van der Waals surface area contributed by atoms with Crippen molar-refractivity contribution < 1.29 is 4.79 Å². The zero-order chi connectivity index (χ0) is 12.7. The van der Waals surface area contributed by atoms with Gasteiger partial charge in [-0.2, -0.15) is 0 Å². The number of carbonyl (C=O) groups is 1. The largest absolute Gasteiger partial charge is 0.310 e. The van der Waals surface area contributed by atoms with Crippen molar-refractivity contribution >= 4 is 27.5 Å². The second-order valence-electron chi connectivity index (χ2n) is 5.18. The first-order valence-electron chi connectivity index (χ1n) is 6.49. The third-order valence-corrected chi connectivity index (χ3v) is 4.71. The minimum Gasteiger partial charge on any atom is -0.310 e. The zero-order valence-electron chi connectivity index (χ0n) is 10.4. The molecule has 4 heteroatoms. The third kappa shape index (κ3) is 2.19. The Bertz CT molecular complexity index is 485. The minimum atomic E-state index is 0.0184. The highest BCUT2D eigenvalue weighted by molar-refractivity contribution is 9.10. The molecule has 1 atom stereocenters. The third-order valence-electron chi connectivity index (χ3n) is 3.68. The molecule has 1 aromatic carbocycles. The summed E-state index contributed by atoms with van der Waals surface area (Å²) in [7, 11) is 0. The van der Waals surface area contributed by atoms with Crippen LogP contribution in [0.25, 0.3) is 0 Å². The molecule has 3 rings (SSSR count). The quantitative estimate of drug-likeness (QED) is 0.931. The molecule has 1 unspecified atom stereocenters. The van der Waals surface area contributed by atoms with Crippen LogP contribution >= 0.6 is 15.9 Å². The lowest BCUT2D eigenvalue weighted by molar-refractivity contribution is -0.118. The molecule has 18 heavy (non-hydrogen) atoms. The van der Waals surface area contributed by atoms with Gasteiger partial charge >= 0.3 is 0 Å². The standard InChI is InChI=1S/C14H17BrN2O/c1-9-3-2-4-12(13(9)15)17-8-7-11(14(17)18)16-10-5-6-10/h2-4,10-11,16H,5-8H2,1H3. The molecule has 1 amide bonds. The Morgan fingerprint density at radius 1 is 1.33 bits per heavy atom. The Morgan fingerprint density at radius 2 is 2.11 bits per heavy atom. The predicted molar refractivity (Wildman–Crippen MR) is 75.8 cm³/mol. The summed E-state index contributed by atoms with van der Waals surface area (Å²) in [4.78, 5) is 14.3. The number of nitrogens with zero attached hydrogens (tertiary/aromatic N) is 1. The van der Waals surface area contributed by atoms with Gasteiger partial charge in [-0.15, -0.1) is 0 Å². The highest BCUT2D eigenvalue weighted by atomic mass is 79.9. The van der Waals surface area contributed by atoms with E-state index in [1.165, 1.54) is 18.4 Å². The number of hydrogen-bond acceptors (Lipinski definition) is 2. The fourth-order valence-electron chi connectivity index (χ4n) is 2.45. The van der Waals surface area contributed by atoms with E-state index in [-0.39, 0.29) is 11.9 Å². The molecule has 0 radical (unpaired) electrons. The van der Waals surface area contributed by atoms with Crippen LogP contribution in [0.1, 0.15) is 24.8 Å². The van der Waals surface area contributed by atoms with Gasteiger partial charge in [-0.1, -0.05) is 12.1 Å². The Morgan fingerprint density at radius 3 is 2.83 bits per heavy atom. The van der Waals surface area contributed by atoms with Gasteiger partial charge in [0, 0.05) is 17.1 Å². The zero-order valence-corrected chi connectivity index (χ0v) is 12.0. The van der Waals surface area contributed by atoms with Crippen LogP contribution in [0.2, 0.25) is 0 Å². The molecule has 1 aliphatic heterocycles. The van der Waals surface area contributed by atoms with Crippen LogP contribution in [0.15, 0.2) is 22.7 Å². The highest BCUT2D eigenvalue weighted by Crippen LogP contribution is 2.32. The SMILES string of the molecule is Cc1cccc(N2CCC(NC3CC3)C2=O)c1Br. The van der Waals surface area contributed by atoms with Crippen molar-refractivity contribution in [2.75, 3.05) is 11.4 Å². The van der Waals surface area contributed by atoms with E-state index < -0.39 is 0 Å². The molecule has 1 aromatic rings. The Hall–Kier alpha value is -0.870. The van der Waals surface area contributed by atoms with Gasteiger partial charge in [0.2, 0.25) is 5.91 Å². The van der Waals surface area contributed by atoms with Crippen molar-refractivity contribution in [2.24, 2.45) is 0 Å². The molecule has 1 N–H and O–H groups in total. The maximum absolute atomic E-state index is 12.4. The van der Waals surface area contributed by atoms with Crippen molar-refractivity contribution in [3.63, 3.8) is 0 Å². The fraction of sp³-hybridized carbons (Fsp3) is 0.500. The van der Waals surface area contributed by atoms with Crippen LogP contribution in [0.5, 0.6) is 0 Å². The maximum atomic E-state index is 12.4. The van der Waals surface area contributed by atoms with Crippen LogP contribution in [0, 0.1) is 6.92 Å². The van der Waals surface area contributed by atoms with Crippen LogP contribution in [0.3, 0.4) is 0 Å². The van der Waals surface area contributed by atoms with E-state index in [0.29, 0.717) is 6.04 Å². The fourth-order valence-corrected chi connectivity index (χ4v) is 2.93. The van der Waals surface area contributed by atoms with Crippen molar-refractivity contribution in [3.8, 4) is 0 Å². The summed E-state index contributed by atoms with van der Waals surface area (Å²) in [6, 6.07) is 6.66. The molecule has 3 nitrogen and oxygen atoms in total. The summed E-state index contributed by atoms with van der Waals surface area (Å²) in [6.07, 6.45) is 3.35. The minimum absolute atomic E-state index is 0.0184. The number of rotatable bonds is 3. The predicted octanol–water partition coefficient (Wildman–Crippen LogP) is 2.61. The summed E-state index contributed by atoms with van der Waals surface area (Å²) in [5.41, 5.74) is 2.17. The van der Waals surface area contributed by atoms with E-state index in [1.807, 2.05) is 30.0 Å². The first-order chi connectivity index (χ1) is 8.66. The molecule has 96 valence electrons. The van der Waals surface area contributed by atoms with E-state index in [0.717, 1.165) is 23.1 Å². The number of nitrogens with one attached hydrogen (secondary N) is 1. The van der Waals surface area contributed by atoms with Crippen LogP contribution in [-0.4, -0.2) is 24.5 Å². The summed E-state index contributed by atoms with van der Waals surface area (Å²) < 4.78 is 1.03.